The molecule has 0 aliphatic heterocycles. The van der Waals surface area contributed by atoms with Crippen LogP contribution in [0.25, 0.3) is 6.08 Å². The molecule has 1 aromatic rings. The van der Waals surface area contributed by atoms with E-state index in [1.165, 1.54) is 27.2 Å². The number of allylic oxidation sites excluding steroid dienone is 1. The number of methoxy groups -OCH3 is 2. The van der Waals surface area contributed by atoms with Gasteiger partial charge in [-0.2, -0.15) is 0 Å². The molecule has 0 unspecified atom stereocenters. The third-order valence-electron chi connectivity index (χ3n) is 2.07. The normalized spacial score (nSPS) is 11.1. The van der Waals surface area contributed by atoms with Crippen molar-refractivity contribution in [1.29, 1.82) is 0 Å². The summed E-state index contributed by atoms with van der Waals surface area (Å²) in [6.07, 6.45) is 1.47. The highest BCUT2D eigenvalue weighted by molar-refractivity contribution is 5.56. The Morgan fingerprint density at radius 1 is 1.31 bits per heavy atom. The van der Waals surface area contributed by atoms with E-state index in [0.717, 1.165) is 0 Å². The quantitative estimate of drug-likeness (QED) is 0.580. The molecule has 0 aromatic heterocycles. The molecular weight excluding hydrogens is 210 g/mol. The zero-order chi connectivity index (χ0) is 12.1. The lowest BCUT2D eigenvalue weighted by atomic mass is 10.2. The number of ether oxygens (including phenoxy) is 2. The minimum atomic E-state index is -0.434. The van der Waals surface area contributed by atoms with Crippen LogP contribution in [0.2, 0.25) is 0 Å². The van der Waals surface area contributed by atoms with Crippen molar-refractivity contribution in [3.05, 3.63) is 39.6 Å². The van der Waals surface area contributed by atoms with Crippen LogP contribution < -0.4 is 9.47 Å². The number of rotatable bonds is 4. The van der Waals surface area contributed by atoms with Gasteiger partial charge in [-0.05, 0) is 17.7 Å². The molecule has 1 rings (SSSR count). The predicted molar refractivity (Wildman–Crippen MR) is 60.2 cm³/mol. The Labute approximate surface area is 93.4 Å². The van der Waals surface area contributed by atoms with Gasteiger partial charge in [-0.15, -0.1) is 0 Å². The maximum Gasteiger partial charge on any atom is 0.243 e. The molecule has 0 spiro atoms. The van der Waals surface area contributed by atoms with Crippen LogP contribution in [-0.4, -0.2) is 19.1 Å². The lowest BCUT2D eigenvalue weighted by molar-refractivity contribution is -0.422. The fourth-order valence-corrected chi connectivity index (χ4v) is 1.24. The Morgan fingerprint density at radius 2 is 1.94 bits per heavy atom. The molecule has 0 heterocycles. The van der Waals surface area contributed by atoms with E-state index in [0.29, 0.717) is 17.1 Å². The summed E-state index contributed by atoms with van der Waals surface area (Å²) < 4.78 is 10.2. The molecular formula is C11H13NO4. The summed E-state index contributed by atoms with van der Waals surface area (Å²) in [7, 11) is 3.06. The van der Waals surface area contributed by atoms with Crippen LogP contribution in [0.4, 0.5) is 0 Å². The van der Waals surface area contributed by atoms with Gasteiger partial charge in [-0.1, -0.05) is 6.07 Å². The summed E-state index contributed by atoms with van der Waals surface area (Å²) in [6, 6.07) is 5.12. The molecule has 16 heavy (non-hydrogen) atoms. The van der Waals surface area contributed by atoms with Crippen molar-refractivity contribution in [2.45, 2.75) is 6.92 Å². The molecule has 0 fully saturated rings. The summed E-state index contributed by atoms with van der Waals surface area (Å²) in [5.74, 6) is 1.14. The molecule has 5 heteroatoms. The number of nitrogens with zero attached hydrogens (tertiary/aromatic N) is 1. The van der Waals surface area contributed by atoms with Crippen molar-refractivity contribution in [3.8, 4) is 11.5 Å². The maximum absolute atomic E-state index is 10.5. The van der Waals surface area contributed by atoms with Gasteiger partial charge in [0.2, 0.25) is 5.70 Å². The van der Waals surface area contributed by atoms with Crippen molar-refractivity contribution in [2.75, 3.05) is 14.2 Å². The molecule has 5 nitrogen and oxygen atoms in total. The van der Waals surface area contributed by atoms with Gasteiger partial charge in [-0.3, -0.25) is 10.1 Å². The Balaban J connectivity index is 3.09. The van der Waals surface area contributed by atoms with Crippen LogP contribution in [0.1, 0.15) is 12.5 Å². The Hall–Kier alpha value is -2.04. The summed E-state index contributed by atoms with van der Waals surface area (Å²) >= 11 is 0. The topological polar surface area (TPSA) is 61.6 Å². The Bertz CT molecular complexity index is 426. The molecule has 0 aliphatic rings. The van der Waals surface area contributed by atoms with E-state index in [1.54, 1.807) is 18.2 Å². The van der Waals surface area contributed by atoms with Gasteiger partial charge in [0.25, 0.3) is 0 Å². The molecule has 0 N–H and O–H groups in total. The molecule has 1 aromatic carbocycles. The van der Waals surface area contributed by atoms with Crippen molar-refractivity contribution in [1.82, 2.24) is 0 Å². The number of benzene rings is 1. The fraction of sp³-hybridized carbons (Fsp3) is 0.273. The van der Waals surface area contributed by atoms with Crippen LogP contribution in [0.3, 0.4) is 0 Å². The van der Waals surface area contributed by atoms with E-state index in [9.17, 15) is 10.1 Å². The molecule has 0 atom stereocenters. The van der Waals surface area contributed by atoms with Gasteiger partial charge in [0, 0.05) is 13.0 Å². The maximum atomic E-state index is 10.5. The van der Waals surface area contributed by atoms with Crippen LogP contribution in [0.15, 0.2) is 23.9 Å². The monoisotopic (exact) mass is 223 g/mol. The zero-order valence-electron chi connectivity index (χ0n) is 9.39. The first kappa shape index (κ1) is 12.0. The van der Waals surface area contributed by atoms with Gasteiger partial charge in [0.1, 0.15) is 0 Å². The largest absolute Gasteiger partial charge is 0.493 e. The standard InChI is InChI=1S/C11H13NO4/c1-8(12(13)14)6-9-4-5-10(15-2)11(7-9)16-3/h4-7H,1-3H3/b8-6-. The highest BCUT2D eigenvalue weighted by atomic mass is 16.6. The van der Waals surface area contributed by atoms with Crippen molar-refractivity contribution >= 4 is 6.08 Å². The van der Waals surface area contributed by atoms with E-state index in [4.69, 9.17) is 9.47 Å². The lowest BCUT2D eigenvalue weighted by Gasteiger charge is -2.07. The van der Waals surface area contributed by atoms with E-state index >= 15 is 0 Å². The van der Waals surface area contributed by atoms with E-state index in [1.807, 2.05) is 0 Å². The van der Waals surface area contributed by atoms with Crippen LogP contribution in [0.5, 0.6) is 11.5 Å². The molecule has 0 saturated heterocycles. The molecule has 0 bridgehead atoms. The van der Waals surface area contributed by atoms with E-state index < -0.39 is 4.92 Å². The Kier molecular flexibility index (Phi) is 3.88. The highest BCUT2D eigenvalue weighted by Crippen LogP contribution is 2.28. The van der Waals surface area contributed by atoms with Gasteiger partial charge in [0.15, 0.2) is 11.5 Å². The van der Waals surface area contributed by atoms with Gasteiger partial charge >= 0.3 is 0 Å². The van der Waals surface area contributed by atoms with Crippen molar-refractivity contribution in [2.24, 2.45) is 0 Å². The van der Waals surface area contributed by atoms with E-state index in [-0.39, 0.29) is 5.70 Å². The van der Waals surface area contributed by atoms with Crippen molar-refractivity contribution in [3.63, 3.8) is 0 Å². The molecule has 0 radical (unpaired) electrons. The first-order chi connectivity index (χ1) is 7.58. The van der Waals surface area contributed by atoms with Gasteiger partial charge < -0.3 is 9.47 Å². The summed E-state index contributed by atoms with van der Waals surface area (Å²) in [6.45, 7) is 1.44. The second kappa shape index (κ2) is 5.16. The highest BCUT2D eigenvalue weighted by Gasteiger charge is 2.06. The fourth-order valence-electron chi connectivity index (χ4n) is 1.24. The van der Waals surface area contributed by atoms with Crippen molar-refractivity contribution < 1.29 is 14.4 Å². The SMILES string of the molecule is COc1ccc(/C=C(/C)[N+](=O)[O-])cc1OC. The van der Waals surface area contributed by atoms with Crippen LogP contribution in [0, 0.1) is 10.1 Å². The molecule has 0 amide bonds. The first-order valence-electron chi connectivity index (χ1n) is 4.63. The summed E-state index contributed by atoms with van der Waals surface area (Å²) in [5.41, 5.74) is 0.777. The summed E-state index contributed by atoms with van der Waals surface area (Å²) in [5, 5.41) is 10.5. The summed E-state index contributed by atoms with van der Waals surface area (Å²) in [4.78, 5) is 10.0. The third-order valence-corrected chi connectivity index (χ3v) is 2.07. The van der Waals surface area contributed by atoms with E-state index in [2.05, 4.69) is 0 Å². The zero-order valence-corrected chi connectivity index (χ0v) is 9.39. The molecule has 86 valence electrons. The smallest absolute Gasteiger partial charge is 0.243 e. The predicted octanol–water partition coefficient (Wildman–Crippen LogP) is 2.34. The second-order valence-electron chi connectivity index (χ2n) is 3.16. The molecule has 0 saturated carbocycles. The Morgan fingerprint density at radius 3 is 2.44 bits per heavy atom. The van der Waals surface area contributed by atoms with Gasteiger partial charge in [-0.25, -0.2) is 0 Å². The molecule has 0 aliphatic carbocycles. The number of hydrogen-bond donors (Lipinski definition) is 0. The number of nitro groups is 1. The lowest BCUT2D eigenvalue weighted by Crippen LogP contribution is -1.94. The average Bonchev–Trinajstić information content (AvgIpc) is 2.28. The minimum absolute atomic E-state index is 0.0761. The van der Waals surface area contributed by atoms with Crippen LogP contribution >= 0.6 is 0 Å². The van der Waals surface area contributed by atoms with Gasteiger partial charge in [0.05, 0.1) is 19.1 Å². The average molecular weight is 223 g/mol. The number of hydrogen-bond acceptors (Lipinski definition) is 4. The first-order valence-corrected chi connectivity index (χ1v) is 4.63. The second-order valence-corrected chi connectivity index (χ2v) is 3.16. The minimum Gasteiger partial charge on any atom is -0.493 e. The van der Waals surface area contributed by atoms with Crippen LogP contribution in [-0.2, 0) is 0 Å². The third kappa shape index (κ3) is 2.73.